The van der Waals surface area contributed by atoms with Crippen molar-refractivity contribution in [3.8, 4) is 11.5 Å². The van der Waals surface area contributed by atoms with Crippen LogP contribution in [-0.2, 0) is 0 Å². The topological polar surface area (TPSA) is 38.3 Å². The summed E-state index contributed by atoms with van der Waals surface area (Å²) < 4.78 is 5.70. The second-order valence-electron chi connectivity index (χ2n) is 5.40. The highest BCUT2D eigenvalue weighted by molar-refractivity contribution is 5.94. The Morgan fingerprint density at radius 1 is 0.909 bits per heavy atom. The monoisotopic (exact) mass is 295 g/mol. The number of ether oxygens (including phenoxy) is 1. The predicted molar refractivity (Wildman–Crippen MR) is 89.3 cm³/mol. The summed E-state index contributed by atoms with van der Waals surface area (Å²) in [5, 5.41) is 2.91. The van der Waals surface area contributed by atoms with Gasteiger partial charge in [0.15, 0.2) is 0 Å². The molecule has 0 fully saturated rings. The first-order valence-electron chi connectivity index (χ1n) is 7.30. The maximum atomic E-state index is 12.1. The SMILES string of the molecule is CC(C)=C(C)CNC(=O)c1ccc(Oc2ccccc2)cc1. The fourth-order valence-electron chi connectivity index (χ4n) is 1.79. The van der Waals surface area contributed by atoms with Crippen LogP contribution in [0.25, 0.3) is 0 Å². The van der Waals surface area contributed by atoms with Crippen molar-refractivity contribution < 1.29 is 9.53 Å². The van der Waals surface area contributed by atoms with Crippen LogP contribution in [-0.4, -0.2) is 12.5 Å². The van der Waals surface area contributed by atoms with E-state index in [0.29, 0.717) is 17.9 Å². The number of amides is 1. The van der Waals surface area contributed by atoms with Gasteiger partial charge in [-0.3, -0.25) is 4.79 Å². The van der Waals surface area contributed by atoms with Gasteiger partial charge in [0.25, 0.3) is 5.91 Å². The summed E-state index contributed by atoms with van der Waals surface area (Å²) in [4.78, 5) is 12.1. The van der Waals surface area contributed by atoms with Crippen molar-refractivity contribution in [1.29, 1.82) is 0 Å². The van der Waals surface area contributed by atoms with Crippen LogP contribution in [0.2, 0.25) is 0 Å². The molecule has 0 atom stereocenters. The lowest BCUT2D eigenvalue weighted by atomic mass is 10.1. The minimum Gasteiger partial charge on any atom is -0.457 e. The first kappa shape index (κ1) is 15.8. The minimum absolute atomic E-state index is 0.0770. The third-order valence-corrected chi connectivity index (χ3v) is 3.46. The van der Waals surface area contributed by atoms with Crippen LogP contribution in [0.15, 0.2) is 65.7 Å². The molecule has 1 amide bonds. The second kappa shape index (κ2) is 7.46. The lowest BCUT2D eigenvalue weighted by Gasteiger charge is -2.08. The molecule has 0 spiro atoms. The van der Waals surface area contributed by atoms with E-state index in [1.165, 1.54) is 11.1 Å². The van der Waals surface area contributed by atoms with Crippen molar-refractivity contribution in [1.82, 2.24) is 5.32 Å². The van der Waals surface area contributed by atoms with Gasteiger partial charge in [0, 0.05) is 12.1 Å². The van der Waals surface area contributed by atoms with Gasteiger partial charge >= 0.3 is 0 Å². The molecule has 2 aromatic carbocycles. The molecule has 114 valence electrons. The van der Waals surface area contributed by atoms with Crippen LogP contribution in [0.1, 0.15) is 31.1 Å². The maximum Gasteiger partial charge on any atom is 0.251 e. The fraction of sp³-hybridized carbons (Fsp3) is 0.211. The smallest absolute Gasteiger partial charge is 0.251 e. The highest BCUT2D eigenvalue weighted by Gasteiger charge is 2.06. The Morgan fingerprint density at radius 2 is 1.50 bits per heavy atom. The Balaban J connectivity index is 1.97. The standard InChI is InChI=1S/C19H21NO2/c1-14(2)15(3)13-20-19(21)16-9-11-18(12-10-16)22-17-7-5-4-6-8-17/h4-12H,13H2,1-3H3,(H,20,21). The highest BCUT2D eigenvalue weighted by Crippen LogP contribution is 2.21. The van der Waals surface area contributed by atoms with E-state index in [-0.39, 0.29) is 5.91 Å². The summed E-state index contributed by atoms with van der Waals surface area (Å²) in [6, 6.07) is 16.7. The van der Waals surface area contributed by atoms with Crippen LogP contribution >= 0.6 is 0 Å². The first-order chi connectivity index (χ1) is 10.6. The minimum atomic E-state index is -0.0770. The molecular formula is C19H21NO2. The van der Waals surface area contributed by atoms with Crippen LogP contribution in [0.4, 0.5) is 0 Å². The number of carbonyl (C=O) groups excluding carboxylic acids is 1. The Bertz CT molecular complexity index is 654. The van der Waals surface area contributed by atoms with E-state index in [9.17, 15) is 4.79 Å². The van der Waals surface area contributed by atoms with Crippen molar-refractivity contribution in [3.63, 3.8) is 0 Å². The van der Waals surface area contributed by atoms with Crippen LogP contribution in [0.3, 0.4) is 0 Å². The molecule has 0 unspecified atom stereocenters. The van der Waals surface area contributed by atoms with Gasteiger partial charge in [0.05, 0.1) is 0 Å². The highest BCUT2D eigenvalue weighted by atomic mass is 16.5. The lowest BCUT2D eigenvalue weighted by molar-refractivity contribution is 0.0957. The molecule has 2 aromatic rings. The zero-order chi connectivity index (χ0) is 15.9. The average Bonchev–Trinajstić information content (AvgIpc) is 2.54. The van der Waals surface area contributed by atoms with Crippen molar-refractivity contribution in [3.05, 3.63) is 71.3 Å². The molecule has 0 saturated carbocycles. The van der Waals surface area contributed by atoms with Gasteiger partial charge in [-0.25, -0.2) is 0 Å². The molecule has 0 aliphatic carbocycles. The summed E-state index contributed by atoms with van der Waals surface area (Å²) in [6.07, 6.45) is 0. The zero-order valence-corrected chi connectivity index (χ0v) is 13.2. The summed E-state index contributed by atoms with van der Waals surface area (Å²) in [6.45, 7) is 6.67. The molecule has 0 radical (unpaired) electrons. The number of benzene rings is 2. The molecule has 0 saturated heterocycles. The Hall–Kier alpha value is -2.55. The summed E-state index contributed by atoms with van der Waals surface area (Å²) in [7, 11) is 0. The number of hydrogen-bond acceptors (Lipinski definition) is 2. The summed E-state index contributed by atoms with van der Waals surface area (Å²) >= 11 is 0. The molecular weight excluding hydrogens is 274 g/mol. The fourth-order valence-corrected chi connectivity index (χ4v) is 1.79. The van der Waals surface area contributed by atoms with Gasteiger partial charge in [-0.2, -0.15) is 0 Å². The van der Waals surface area contributed by atoms with Gasteiger partial charge in [-0.1, -0.05) is 29.3 Å². The second-order valence-corrected chi connectivity index (χ2v) is 5.40. The van der Waals surface area contributed by atoms with Crippen molar-refractivity contribution >= 4 is 5.91 Å². The molecule has 0 aliphatic rings. The molecule has 3 heteroatoms. The molecule has 0 heterocycles. The van der Waals surface area contributed by atoms with E-state index >= 15 is 0 Å². The van der Waals surface area contributed by atoms with Gasteiger partial charge in [0.1, 0.15) is 11.5 Å². The molecule has 0 bridgehead atoms. The van der Waals surface area contributed by atoms with E-state index in [1.807, 2.05) is 51.1 Å². The van der Waals surface area contributed by atoms with E-state index in [0.717, 1.165) is 5.75 Å². The van der Waals surface area contributed by atoms with Crippen LogP contribution < -0.4 is 10.1 Å². The Kier molecular flexibility index (Phi) is 5.37. The van der Waals surface area contributed by atoms with E-state index in [2.05, 4.69) is 5.32 Å². The third-order valence-electron chi connectivity index (χ3n) is 3.46. The Labute approximate surface area is 131 Å². The number of nitrogens with one attached hydrogen (secondary N) is 1. The Morgan fingerprint density at radius 3 is 2.09 bits per heavy atom. The molecule has 1 N–H and O–H groups in total. The molecule has 2 rings (SSSR count). The van der Waals surface area contributed by atoms with Gasteiger partial charge in [-0.15, -0.1) is 0 Å². The quantitative estimate of drug-likeness (QED) is 0.821. The number of allylic oxidation sites excluding steroid dienone is 1. The number of para-hydroxylation sites is 1. The average molecular weight is 295 g/mol. The molecule has 0 aliphatic heterocycles. The van der Waals surface area contributed by atoms with Gasteiger partial charge in [-0.05, 0) is 57.2 Å². The van der Waals surface area contributed by atoms with Gasteiger partial charge in [0.2, 0.25) is 0 Å². The van der Waals surface area contributed by atoms with E-state index in [1.54, 1.807) is 24.3 Å². The van der Waals surface area contributed by atoms with E-state index in [4.69, 9.17) is 4.74 Å². The van der Waals surface area contributed by atoms with Crippen LogP contribution in [0.5, 0.6) is 11.5 Å². The summed E-state index contributed by atoms with van der Waals surface area (Å²) in [5.74, 6) is 1.41. The van der Waals surface area contributed by atoms with Crippen LogP contribution in [0, 0.1) is 0 Å². The molecule has 3 nitrogen and oxygen atoms in total. The maximum absolute atomic E-state index is 12.1. The third kappa shape index (κ3) is 4.48. The lowest BCUT2D eigenvalue weighted by Crippen LogP contribution is -2.25. The van der Waals surface area contributed by atoms with Crippen molar-refractivity contribution in [2.45, 2.75) is 20.8 Å². The summed E-state index contributed by atoms with van der Waals surface area (Å²) in [5.41, 5.74) is 3.03. The number of rotatable bonds is 5. The molecule has 0 aromatic heterocycles. The number of carbonyl (C=O) groups is 1. The number of hydrogen-bond donors (Lipinski definition) is 1. The first-order valence-corrected chi connectivity index (χ1v) is 7.30. The van der Waals surface area contributed by atoms with E-state index < -0.39 is 0 Å². The van der Waals surface area contributed by atoms with Crippen molar-refractivity contribution in [2.75, 3.05) is 6.54 Å². The normalized spacial score (nSPS) is 9.95. The van der Waals surface area contributed by atoms with Gasteiger partial charge < -0.3 is 10.1 Å². The largest absolute Gasteiger partial charge is 0.457 e. The van der Waals surface area contributed by atoms with Crippen molar-refractivity contribution in [2.24, 2.45) is 0 Å². The predicted octanol–water partition coefficient (Wildman–Crippen LogP) is 4.57. The zero-order valence-electron chi connectivity index (χ0n) is 13.2. The molecule has 22 heavy (non-hydrogen) atoms.